The third-order valence-corrected chi connectivity index (χ3v) is 3.56. The highest BCUT2D eigenvalue weighted by molar-refractivity contribution is 6.13. The van der Waals surface area contributed by atoms with Crippen LogP contribution in [0, 0.1) is 6.92 Å². The molecule has 104 valence electrons. The number of methoxy groups -OCH3 is 3. The molecule has 0 bridgehead atoms. The topological polar surface area (TPSA) is 43.5 Å². The van der Waals surface area contributed by atoms with Crippen molar-refractivity contribution in [3.63, 3.8) is 0 Å². The Kier molecular flexibility index (Phi) is 2.93. The highest BCUT2D eigenvalue weighted by Gasteiger charge is 2.18. The summed E-state index contributed by atoms with van der Waals surface area (Å²) in [7, 11) is 4.93. The van der Waals surface area contributed by atoms with E-state index in [2.05, 4.69) is 30.1 Å². The van der Waals surface area contributed by atoms with E-state index < -0.39 is 0 Å². The summed E-state index contributed by atoms with van der Waals surface area (Å²) in [5.74, 6) is 2.13. The van der Waals surface area contributed by atoms with Crippen LogP contribution in [0.3, 0.4) is 0 Å². The molecular weight excluding hydrogens is 254 g/mol. The van der Waals surface area contributed by atoms with Crippen LogP contribution >= 0.6 is 0 Å². The summed E-state index contributed by atoms with van der Waals surface area (Å²) in [5, 5.41) is 2.09. The zero-order valence-electron chi connectivity index (χ0n) is 12.0. The zero-order chi connectivity index (χ0) is 14.3. The van der Waals surface area contributed by atoms with Crippen molar-refractivity contribution in [2.75, 3.05) is 21.3 Å². The molecule has 1 aromatic heterocycles. The van der Waals surface area contributed by atoms with Crippen molar-refractivity contribution in [3.05, 3.63) is 29.8 Å². The minimum absolute atomic E-state index is 0.666. The van der Waals surface area contributed by atoms with Crippen LogP contribution in [0.2, 0.25) is 0 Å². The van der Waals surface area contributed by atoms with E-state index in [9.17, 15) is 0 Å². The van der Waals surface area contributed by atoms with Crippen molar-refractivity contribution in [1.82, 2.24) is 4.98 Å². The summed E-state index contributed by atoms with van der Waals surface area (Å²) in [5.41, 5.74) is 3.17. The van der Waals surface area contributed by atoms with Crippen molar-refractivity contribution in [2.24, 2.45) is 0 Å². The van der Waals surface area contributed by atoms with E-state index in [1.54, 1.807) is 21.3 Å². The Labute approximate surface area is 117 Å². The first kappa shape index (κ1) is 12.7. The van der Waals surface area contributed by atoms with Gasteiger partial charge in [0, 0.05) is 17.0 Å². The van der Waals surface area contributed by atoms with Gasteiger partial charge in [0.05, 0.1) is 32.2 Å². The van der Waals surface area contributed by atoms with Gasteiger partial charge in [0.2, 0.25) is 0 Å². The Hall–Kier alpha value is -2.36. The summed E-state index contributed by atoms with van der Waals surface area (Å²) < 4.78 is 16.4. The van der Waals surface area contributed by atoms with Crippen molar-refractivity contribution in [1.29, 1.82) is 0 Å². The summed E-state index contributed by atoms with van der Waals surface area (Å²) in [6.07, 6.45) is 0. The van der Waals surface area contributed by atoms with Crippen LogP contribution in [0.25, 0.3) is 21.8 Å². The van der Waals surface area contributed by atoms with E-state index in [-0.39, 0.29) is 0 Å². The standard InChI is InChI=1S/C16H17NO3/c1-9-5-6-11-10(7-9)14-15(17-11)12(18-2)8-13(19-3)16(14)20-4/h5-8,17H,1-4H3. The first-order valence-electron chi connectivity index (χ1n) is 6.40. The van der Waals surface area contributed by atoms with E-state index in [1.165, 1.54) is 5.56 Å². The SMILES string of the molecule is COc1cc(OC)c2[nH]c3ccc(C)cc3c2c1OC. The molecule has 0 unspecified atom stereocenters. The lowest BCUT2D eigenvalue weighted by molar-refractivity contribution is 0.354. The molecule has 0 radical (unpaired) electrons. The van der Waals surface area contributed by atoms with Crippen LogP contribution in [0.15, 0.2) is 24.3 Å². The van der Waals surface area contributed by atoms with Gasteiger partial charge >= 0.3 is 0 Å². The van der Waals surface area contributed by atoms with Crippen LogP contribution < -0.4 is 14.2 Å². The highest BCUT2D eigenvalue weighted by Crippen LogP contribution is 2.44. The van der Waals surface area contributed by atoms with Gasteiger partial charge in [0.25, 0.3) is 0 Å². The first-order chi connectivity index (χ1) is 9.69. The molecular formula is C16H17NO3. The van der Waals surface area contributed by atoms with E-state index in [1.807, 2.05) is 6.07 Å². The van der Waals surface area contributed by atoms with E-state index in [4.69, 9.17) is 14.2 Å². The predicted molar refractivity (Wildman–Crippen MR) is 80.2 cm³/mol. The molecule has 0 atom stereocenters. The van der Waals surface area contributed by atoms with Gasteiger partial charge in [0.1, 0.15) is 5.75 Å². The van der Waals surface area contributed by atoms with E-state index >= 15 is 0 Å². The van der Waals surface area contributed by atoms with Crippen LogP contribution in [-0.4, -0.2) is 26.3 Å². The maximum absolute atomic E-state index is 5.55. The molecule has 2 aromatic carbocycles. The normalized spacial score (nSPS) is 11.0. The maximum Gasteiger partial charge on any atom is 0.170 e. The van der Waals surface area contributed by atoms with Gasteiger partial charge < -0.3 is 19.2 Å². The molecule has 3 rings (SSSR count). The molecule has 0 aliphatic rings. The molecule has 0 spiro atoms. The van der Waals surface area contributed by atoms with Gasteiger partial charge in [-0.25, -0.2) is 0 Å². The lowest BCUT2D eigenvalue weighted by Gasteiger charge is -2.11. The second-order valence-electron chi connectivity index (χ2n) is 4.74. The maximum atomic E-state index is 5.55. The van der Waals surface area contributed by atoms with Crippen LogP contribution in [-0.2, 0) is 0 Å². The number of aromatic amines is 1. The number of ether oxygens (including phenoxy) is 3. The molecule has 0 aliphatic carbocycles. The summed E-state index contributed by atoms with van der Waals surface area (Å²) in [6, 6.07) is 8.11. The molecule has 0 saturated heterocycles. The molecule has 1 heterocycles. The largest absolute Gasteiger partial charge is 0.494 e. The lowest BCUT2D eigenvalue weighted by Crippen LogP contribution is -1.93. The molecule has 1 N–H and O–H groups in total. The van der Waals surface area contributed by atoms with E-state index in [0.29, 0.717) is 5.75 Å². The molecule has 0 fully saturated rings. The van der Waals surface area contributed by atoms with Gasteiger partial charge in [-0.15, -0.1) is 0 Å². The van der Waals surface area contributed by atoms with Crippen molar-refractivity contribution >= 4 is 21.8 Å². The molecule has 0 saturated carbocycles. The molecule has 3 aromatic rings. The monoisotopic (exact) mass is 271 g/mol. The molecule has 0 amide bonds. The molecule has 4 heteroatoms. The van der Waals surface area contributed by atoms with Gasteiger partial charge in [-0.05, 0) is 19.1 Å². The lowest BCUT2D eigenvalue weighted by atomic mass is 10.1. The fourth-order valence-electron chi connectivity index (χ4n) is 2.62. The Morgan fingerprint density at radius 3 is 2.30 bits per heavy atom. The Morgan fingerprint density at radius 1 is 0.900 bits per heavy atom. The summed E-state index contributed by atoms with van der Waals surface area (Å²) in [6.45, 7) is 2.07. The quantitative estimate of drug-likeness (QED) is 0.790. The number of benzene rings is 2. The molecule has 4 nitrogen and oxygen atoms in total. The van der Waals surface area contributed by atoms with Crippen molar-refractivity contribution in [3.8, 4) is 17.2 Å². The van der Waals surface area contributed by atoms with Crippen LogP contribution in [0.4, 0.5) is 0 Å². The predicted octanol–water partition coefficient (Wildman–Crippen LogP) is 3.66. The Bertz CT molecular complexity index is 789. The zero-order valence-corrected chi connectivity index (χ0v) is 12.0. The summed E-state index contributed by atoms with van der Waals surface area (Å²) in [4.78, 5) is 3.39. The Balaban J connectivity index is 2.54. The van der Waals surface area contributed by atoms with Crippen molar-refractivity contribution < 1.29 is 14.2 Å². The molecule has 0 aliphatic heterocycles. The average Bonchev–Trinajstić information content (AvgIpc) is 2.84. The minimum atomic E-state index is 0.666. The van der Waals surface area contributed by atoms with Gasteiger partial charge in [-0.3, -0.25) is 0 Å². The van der Waals surface area contributed by atoms with Gasteiger partial charge in [0.15, 0.2) is 11.5 Å². The third-order valence-electron chi connectivity index (χ3n) is 3.56. The first-order valence-corrected chi connectivity index (χ1v) is 6.40. The fourth-order valence-corrected chi connectivity index (χ4v) is 2.62. The number of aromatic nitrogens is 1. The second-order valence-corrected chi connectivity index (χ2v) is 4.74. The number of fused-ring (bicyclic) bond motifs is 3. The van der Waals surface area contributed by atoms with Gasteiger partial charge in [-0.2, -0.15) is 0 Å². The molecule has 20 heavy (non-hydrogen) atoms. The number of H-pyrrole nitrogens is 1. The number of hydrogen-bond donors (Lipinski definition) is 1. The number of aryl methyl sites for hydroxylation is 1. The summed E-state index contributed by atoms with van der Waals surface area (Å²) >= 11 is 0. The number of nitrogens with one attached hydrogen (secondary N) is 1. The smallest absolute Gasteiger partial charge is 0.170 e. The second kappa shape index (κ2) is 4.63. The van der Waals surface area contributed by atoms with Crippen LogP contribution in [0.1, 0.15) is 5.56 Å². The van der Waals surface area contributed by atoms with Crippen LogP contribution in [0.5, 0.6) is 17.2 Å². The number of rotatable bonds is 3. The highest BCUT2D eigenvalue weighted by atomic mass is 16.5. The minimum Gasteiger partial charge on any atom is -0.494 e. The Morgan fingerprint density at radius 2 is 1.65 bits per heavy atom. The third kappa shape index (κ3) is 1.68. The van der Waals surface area contributed by atoms with E-state index in [0.717, 1.165) is 33.3 Å². The van der Waals surface area contributed by atoms with Gasteiger partial charge in [-0.1, -0.05) is 11.6 Å². The number of hydrogen-bond acceptors (Lipinski definition) is 3. The fraction of sp³-hybridized carbons (Fsp3) is 0.250. The average molecular weight is 271 g/mol. The van der Waals surface area contributed by atoms with Crippen molar-refractivity contribution in [2.45, 2.75) is 6.92 Å².